The van der Waals surface area contributed by atoms with E-state index in [9.17, 15) is 13.6 Å². The van der Waals surface area contributed by atoms with E-state index in [1.165, 1.54) is 0 Å². The van der Waals surface area contributed by atoms with Crippen molar-refractivity contribution in [2.75, 3.05) is 13.2 Å². The molecule has 2 aromatic rings. The van der Waals surface area contributed by atoms with Gasteiger partial charge >= 0.3 is 0 Å². The number of fused-ring (bicyclic) bond motifs is 1. The number of nitrogens with one attached hydrogen (secondary N) is 1. The molecule has 4 nitrogen and oxygen atoms in total. The van der Waals surface area contributed by atoms with Gasteiger partial charge in [-0.2, -0.15) is 0 Å². The van der Waals surface area contributed by atoms with Gasteiger partial charge in [-0.3, -0.25) is 4.79 Å². The molecule has 1 aliphatic rings. The van der Waals surface area contributed by atoms with Crippen molar-refractivity contribution in [2.24, 2.45) is 5.92 Å². The van der Waals surface area contributed by atoms with E-state index in [0.717, 1.165) is 23.8 Å². The third-order valence-electron chi connectivity index (χ3n) is 4.00. The van der Waals surface area contributed by atoms with Gasteiger partial charge in [-0.15, -0.1) is 0 Å². The van der Waals surface area contributed by atoms with E-state index in [0.29, 0.717) is 24.7 Å². The van der Waals surface area contributed by atoms with Crippen LogP contribution in [0.1, 0.15) is 35.8 Å². The van der Waals surface area contributed by atoms with E-state index >= 15 is 0 Å². The molecule has 0 aromatic heterocycles. The summed E-state index contributed by atoms with van der Waals surface area (Å²) in [5, 5.41) is 2.84. The number of carbonyl (C=O) groups is 1. The van der Waals surface area contributed by atoms with Crippen LogP contribution in [0.25, 0.3) is 0 Å². The third-order valence-corrected chi connectivity index (χ3v) is 4.00. The van der Waals surface area contributed by atoms with Crippen molar-refractivity contribution in [3.63, 3.8) is 0 Å². The predicted molar refractivity (Wildman–Crippen MR) is 88.8 cm³/mol. The largest absolute Gasteiger partial charge is 0.486 e. The molecule has 1 heterocycles. The monoisotopic (exact) mass is 347 g/mol. The number of amides is 1. The molecule has 0 aliphatic carbocycles. The van der Waals surface area contributed by atoms with Crippen LogP contribution in [0.4, 0.5) is 8.78 Å². The SMILES string of the molecule is CC(C)[C@H](NC(=O)c1cc(F)cc(F)c1)c1ccc2c(c1)OCCO2. The fourth-order valence-corrected chi connectivity index (χ4v) is 2.80. The summed E-state index contributed by atoms with van der Waals surface area (Å²) in [5.41, 5.74) is 0.783. The van der Waals surface area contributed by atoms with Crippen molar-refractivity contribution >= 4 is 5.91 Å². The van der Waals surface area contributed by atoms with Crippen LogP contribution in [0.5, 0.6) is 11.5 Å². The Balaban J connectivity index is 1.85. The zero-order chi connectivity index (χ0) is 18.0. The van der Waals surface area contributed by atoms with Gasteiger partial charge in [-0.25, -0.2) is 8.78 Å². The molecule has 132 valence electrons. The first-order valence-corrected chi connectivity index (χ1v) is 8.10. The summed E-state index contributed by atoms with van der Waals surface area (Å²) in [7, 11) is 0. The molecule has 1 aliphatic heterocycles. The second kappa shape index (κ2) is 7.09. The van der Waals surface area contributed by atoms with E-state index in [-0.39, 0.29) is 17.5 Å². The molecule has 3 rings (SSSR count). The van der Waals surface area contributed by atoms with Gasteiger partial charge in [0.05, 0.1) is 6.04 Å². The van der Waals surface area contributed by atoms with Crippen molar-refractivity contribution in [3.8, 4) is 11.5 Å². The molecule has 0 unspecified atom stereocenters. The maximum absolute atomic E-state index is 13.3. The molecule has 0 bridgehead atoms. The van der Waals surface area contributed by atoms with Crippen LogP contribution >= 0.6 is 0 Å². The Morgan fingerprint density at radius 2 is 1.64 bits per heavy atom. The molecule has 0 radical (unpaired) electrons. The van der Waals surface area contributed by atoms with Gasteiger partial charge in [0.25, 0.3) is 5.91 Å². The first kappa shape index (κ1) is 17.2. The van der Waals surface area contributed by atoms with Crippen LogP contribution < -0.4 is 14.8 Å². The molecule has 0 fully saturated rings. The summed E-state index contributed by atoms with van der Waals surface area (Å²) < 4.78 is 37.8. The molecule has 25 heavy (non-hydrogen) atoms. The molecule has 1 atom stereocenters. The highest BCUT2D eigenvalue weighted by Crippen LogP contribution is 2.34. The number of halogens is 2. The Morgan fingerprint density at radius 1 is 1.00 bits per heavy atom. The minimum atomic E-state index is -0.787. The molecule has 0 spiro atoms. The standard InChI is InChI=1S/C19H19F2NO3/c1-11(2)18(12-3-4-16-17(9-12)25-6-5-24-16)22-19(23)13-7-14(20)10-15(21)8-13/h3-4,7-11,18H,5-6H2,1-2H3,(H,22,23)/t18-/m0/s1. The van der Waals surface area contributed by atoms with Crippen molar-refractivity contribution in [3.05, 3.63) is 59.2 Å². The average molecular weight is 347 g/mol. The molecule has 6 heteroatoms. The first-order valence-electron chi connectivity index (χ1n) is 8.10. The van der Waals surface area contributed by atoms with Crippen LogP contribution in [-0.2, 0) is 0 Å². The fourth-order valence-electron chi connectivity index (χ4n) is 2.80. The van der Waals surface area contributed by atoms with Gasteiger partial charge in [-0.05, 0) is 35.7 Å². The molecule has 1 N–H and O–H groups in total. The van der Waals surface area contributed by atoms with Crippen molar-refractivity contribution in [1.82, 2.24) is 5.32 Å². The van der Waals surface area contributed by atoms with E-state index in [2.05, 4.69) is 5.32 Å². The number of rotatable bonds is 4. The highest BCUT2D eigenvalue weighted by Gasteiger charge is 2.22. The second-order valence-electron chi connectivity index (χ2n) is 6.26. The summed E-state index contributed by atoms with van der Waals surface area (Å²) >= 11 is 0. The highest BCUT2D eigenvalue weighted by atomic mass is 19.1. The maximum atomic E-state index is 13.3. The van der Waals surface area contributed by atoms with E-state index < -0.39 is 17.5 Å². The van der Waals surface area contributed by atoms with Crippen molar-refractivity contribution in [1.29, 1.82) is 0 Å². The number of carbonyl (C=O) groups excluding carboxylic acids is 1. The lowest BCUT2D eigenvalue weighted by atomic mass is 9.95. The molecular formula is C19H19F2NO3. The Labute approximate surface area is 144 Å². The van der Waals surface area contributed by atoms with Crippen LogP contribution in [0, 0.1) is 17.6 Å². The quantitative estimate of drug-likeness (QED) is 0.913. The molecular weight excluding hydrogens is 328 g/mol. The highest BCUT2D eigenvalue weighted by molar-refractivity contribution is 5.94. The zero-order valence-corrected chi connectivity index (χ0v) is 14.0. The lowest BCUT2D eigenvalue weighted by Crippen LogP contribution is -2.32. The van der Waals surface area contributed by atoms with Gasteiger partial charge in [-0.1, -0.05) is 19.9 Å². The molecule has 0 saturated heterocycles. The second-order valence-corrected chi connectivity index (χ2v) is 6.26. The van der Waals surface area contributed by atoms with Crippen LogP contribution in [0.2, 0.25) is 0 Å². The molecule has 1 amide bonds. The first-order chi connectivity index (χ1) is 11.9. The zero-order valence-electron chi connectivity index (χ0n) is 14.0. The van der Waals surface area contributed by atoms with E-state index in [4.69, 9.17) is 9.47 Å². The summed E-state index contributed by atoms with van der Waals surface area (Å²) in [6.45, 7) is 4.88. The Morgan fingerprint density at radius 3 is 2.28 bits per heavy atom. The summed E-state index contributed by atoms with van der Waals surface area (Å²) in [4.78, 5) is 12.4. The molecule has 0 saturated carbocycles. The average Bonchev–Trinajstić information content (AvgIpc) is 2.58. The minimum Gasteiger partial charge on any atom is -0.486 e. The number of benzene rings is 2. The Hall–Kier alpha value is -2.63. The number of hydrogen-bond acceptors (Lipinski definition) is 3. The van der Waals surface area contributed by atoms with Crippen LogP contribution in [0.3, 0.4) is 0 Å². The lowest BCUT2D eigenvalue weighted by molar-refractivity contribution is 0.0924. The Kier molecular flexibility index (Phi) is 4.88. The van der Waals surface area contributed by atoms with Crippen LogP contribution in [-0.4, -0.2) is 19.1 Å². The summed E-state index contributed by atoms with van der Waals surface area (Å²) in [6.07, 6.45) is 0. The minimum absolute atomic E-state index is 0.0549. The van der Waals surface area contributed by atoms with Gasteiger partial charge < -0.3 is 14.8 Å². The van der Waals surface area contributed by atoms with Crippen molar-refractivity contribution < 1.29 is 23.0 Å². The van der Waals surface area contributed by atoms with Crippen molar-refractivity contribution in [2.45, 2.75) is 19.9 Å². The fraction of sp³-hybridized carbons (Fsp3) is 0.316. The van der Waals surface area contributed by atoms with E-state index in [1.807, 2.05) is 26.0 Å². The molecule has 2 aromatic carbocycles. The van der Waals surface area contributed by atoms with Crippen LogP contribution in [0.15, 0.2) is 36.4 Å². The van der Waals surface area contributed by atoms with E-state index in [1.54, 1.807) is 6.07 Å². The summed E-state index contributed by atoms with van der Waals surface area (Å²) in [5.74, 6) is -0.760. The van der Waals surface area contributed by atoms with Gasteiger partial charge in [0.1, 0.15) is 24.8 Å². The third kappa shape index (κ3) is 3.90. The normalized spacial score (nSPS) is 14.3. The topological polar surface area (TPSA) is 47.6 Å². The van der Waals surface area contributed by atoms with Gasteiger partial charge in [0.15, 0.2) is 11.5 Å². The smallest absolute Gasteiger partial charge is 0.251 e. The number of ether oxygens (including phenoxy) is 2. The maximum Gasteiger partial charge on any atom is 0.251 e. The summed E-state index contributed by atoms with van der Waals surface area (Å²) in [6, 6.07) is 7.90. The number of hydrogen-bond donors (Lipinski definition) is 1. The lowest BCUT2D eigenvalue weighted by Gasteiger charge is -2.25. The van der Waals surface area contributed by atoms with Gasteiger partial charge in [0, 0.05) is 11.6 Å². The Bertz CT molecular complexity index is 772. The van der Waals surface area contributed by atoms with Gasteiger partial charge in [0.2, 0.25) is 0 Å². The predicted octanol–water partition coefficient (Wildman–Crippen LogP) is 3.86.